The monoisotopic (exact) mass is 351 g/mol. The van der Waals surface area contributed by atoms with Crippen LogP contribution in [0.25, 0.3) is 10.9 Å². The molecule has 0 saturated heterocycles. The summed E-state index contributed by atoms with van der Waals surface area (Å²) in [4.78, 5) is 17.5. The molecule has 0 saturated carbocycles. The Hall–Kier alpha value is -2.48. The molecule has 0 atom stereocenters. The third-order valence-electron chi connectivity index (χ3n) is 4.10. The van der Waals surface area contributed by atoms with Gasteiger partial charge in [0.25, 0.3) is 6.43 Å². The Morgan fingerprint density at radius 3 is 2.88 bits per heavy atom. The summed E-state index contributed by atoms with van der Waals surface area (Å²) in [5.41, 5.74) is 0.516. The summed E-state index contributed by atoms with van der Waals surface area (Å²) < 4.78 is 27.9. The van der Waals surface area contributed by atoms with Crippen LogP contribution in [0.3, 0.4) is 0 Å². The van der Waals surface area contributed by atoms with Crippen molar-refractivity contribution in [1.29, 1.82) is 0 Å². The van der Waals surface area contributed by atoms with E-state index in [1.807, 2.05) is 4.90 Å². The summed E-state index contributed by atoms with van der Waals surface area (Å²) in [5, 5.41) is 7.58. The van der Waals surface area contributed by atoms with E-state index in [-0.39, 0.29) is 11.4 Å². The van der Waals surface area contributed by atoms with Crippen molar-refractivity contribution >= 4 is 28.2 Å². The molecule has 0 amide bonds. The molecule has 1 N–H and O–H groups in total. The number of aromatic nitrogens is 4. The molecule has 0 aliphatic carbocycles. The van der Waals surface area contributed by atoms with E-state index in [0.717, 1.165) is 0 Å². The molecular weight excluding hydrogens is 340 g/mol. The molecule has 0 radical (unpaired) electrons. The van der Waals surface area contributed by atoms with Gasteiger partial charge in [-0.2, -0.15) is 5.10 Å². The van der Waals surface area contributed by atoms with Crippen LogP contribution in [-0.4, -0.2) is 26.3 Å². The number of rotatable bonds is 2. The maximum absolute atomic E-state index is 13.2. The summed E-state index contributed by atoms with van der Waals surface area (Å²) >= 11 is 6.06. The van der Waals surface area contributed by atoms with E-state index in [0.29, 0.717) is 47.1 Å². The van der Waals surface area contributed by atoms with Gasteiger partial charge in [-0.05, 0) is 24.3 Å². The molecule has 2 aromatic heterocycles. The largest absolute Gasteiger partial charge is 0.362 e. The molecule has 1 aliphatic rings. The Kier molecular flexibility index (Phi) is 3.49. The minimum atomic E-state index is -2.67. The van der Waals surface area contributed by atoms with Crippen molar-refractivity contribution in [2.24, 2.45) is 0 Å². The normalized spacial score (nSPS) is 14.4. The van der Waals surface area contributed by atoms with Crippen molar-refractivity contribution in [3.8, 4) is 0 Å². The van der Waals surface area contributed by atoms with Crippen LogP contribution in [0.1, 0.15) is 17.9 Å². The highest BCUT2D eigenvalue weighted by Crippen LogP contribution is 2.33. The molecular formula is C15H12ClF2N5O. The van der Waals surface area contributed by atoms with Crippen molar-refractivity contribution in [3.63, 3.8) is 0 Å². The maximum Gasteiger partial charge on any atom is 0.343 e. The second-order valence-electron chi connectivity index (χ2n) is 5.55. The second-order valence-corrected chi connectivity index (χ2v) is 5.98. The third kappa shape index (κ3) is 2.43. The molecule has 1 aromatic carbocycles. The van der Waals surface area contributed by atoms with Gasteiger partial charge in [0.2, 0.25) is 0 Å². The number of hydrogen-bond acceptors (Lipinski definition) is 4. The lowest BCUT2D eigenvalue weighted by Crippen LogP contribution is -2.37. The maximum atomic E-state index is 13.2. The molecule has 9 heteroatoms. The molecule has 24 heavy (non-hydrogen) atoms. The van der Waals surface area contributed by atoms with E-state index in [1.165, 1.54) is 6.07 Å². The highest BCUT2D eigenvalue weighted by atomic mass is 35.5. The first kappa shape index (κ1) is 15.1. The highest BCUT2D eigenvalue weighted by molar-refractivity contribution is 6.31. The molecule has 0 spiro atoms. The quantitative estimate of drug-likeness (QED) is 0.771. The number of halogens is 3. The number of benzene rings is 1. The molecule has 124 valence electrons. The topological polar surface area (TPSA) is 66.8 Å². The predicted octanol–water partition coefficient (Wildman–Crippen LogP) is 2.73. The van der Waals surface area contributed by atoms with Gasteiger partial charge in [-0.25, -0.2) is 23.7 Å². The molecule has 6 nitrogen and oxygen atoms in total. The number of H-pyrrole nitrogens is 1. The molecule has 0 unspecified atom stereocenters. The Labute approximate surface area is 139 Å². The number of nitrogens with one attached hydrogen (secondary N) is 1. The van der Waals surface area contributed by atoms with E-state index in [4.69, 9.17) is 11.6 Å². The number of fused-ring (bicyclic) bond motifs is 2. The first-order valence-corrected chi connectivity index (χ1v) is 7.68. The standard InChI is InChI=1S/C15H12ClF2N5O/c16-8-1-2-10-9(5-8)12(6-11(19-10)14(17)18)22-3-4-23-13(7-22)20-21-15(23)24/h1-2,5-6,14H,3-4,7H2,(H,21,24). The van der Waals surface area contributed by atoms with Crippen LogP contribution in [0.15, 0.2) is 29.1 Å². The van der Waals surface area contributed by atoms with Gasteiger partial charge in [-0.15, -0.1) is 0 Å². The van der Waals surface area contributed by atoms with E-state index >= 15 is 0 Å². The number of nitrogens with zero attached hydrogens (tertiary/aromatic N) is 4. The van der Waals surface area contributed by atoms with Crippen molar-refractivity contribution < 1.29 is 8.78 Å². The zero-order valence-corrected chi connectivity index (χ0v) is 13.1. The third-order valence-corrected chi connectivity index (χ3v) is 4.33. The minimum Gasteiger partial charge on any atom is -0.362 e. The van der Waals surface area contributed by atoms with Crippen LogP contribution >= 0.6 is 11.6 Å². The van der Waals surface area contributed by atoms with Gasteiger partial charge in [-0.1, -0.05) is 11.6 Å². The Balaban J connectivity index is 1.86. The highest BCUT2D eigenvalue weighted by Gasteiger charge is 2.23. The summed E-state index contributed by atoms with van der Waals surface area (Å²) in [6.45, 7) is 1.27. The number of aromatic amines is 1. The van der Waals surface area contributed by atoms with E-state index in [2.05, 4.69) is 15.2 Å². The molecule has 3 aromatic rings. The Bertz CT molecular complexity index is 984. The smallest absolute Gasteiger partial charge is 0.343 e. The van der Waals surface area contributed by atoms with Gasteiger partial charge in [0.05, 0.1) is 12.1 Å². The van der Waals surface area contributed by atoms with Gasteiger partial charge in [0.15, 0.2) is 5.82 Å². The molecule has 4 rings (SSSR count). The molecule has 1 aliphatic heterocycles. The average Bonchev–Trinajstić information content (AvgIpc) is 2.94. The fraction of sp³-hybridized carbons (Fsp3) is 0.267. The van der Waals surface area contributed by atoms with E-state index in [9.17, 15) is 13.6 Å². The fourth-order valence-electron chi connectivity index (χ4n) is 2.95. The summed E-state index contributed by atoms with van der Waals surface area (Å²) in [7, 11) is 0. The summed E-state index contributed by atoms with van der Waals surface area (Å²) in [6.07, 6.45) is -2.67. The Morgan fingerprint density at radius 1 is 1.25 bits per heavy atom. The van der Waals surface area contributed by atoms with Gasteiger partial charge in [-0.3, -0.25) is 4.57 Å². The van der Waals surface area contributed by atoms with Crippen molar-refractivity contribution in [3.05, 3.63) is 51.3 Å². The van der Waals surface area contributed by atoms with Crippen LogP contribution in [0.4, 0.5) is 14.5 Å². The zero-order chi connectivity index (χ0) is 16.8. The number of alkyl halides is 2. The fourth-order valence-corrected chi connectivity index (χ4v) is 3.12. The van der Waals surface area contributed by atoms with Crippen molar-refractivity contribution in [2.45, 2.75) is 19.5 Å². The molecule has 0 bridgehead atoms. The van der Waals surface area contributed by atoms with Crippen LogP contribution in [0.5, 0.6) is 0 Å². The van der Waals surface area contributed by atoms with Crippen LogP contribution in [0, 0.1) is 0 Å². The van der Waals surface area contributed by atoms with Gasteiger partial charge >= 0.3 is 5.69 Å². The van der Waals surface area contributed by atoms with Gasteiger partial charge in [0, 0.05) is 29.2 Å². The number of anilines is 1. The first-order chi connectivity index (χ1) is 11.5. The summed E-state index contributed by atoms with van der Waals surface area (Å²) in [6, 6.07) is 6.34. The first-order valence-electron chi connectivity index (χ1n) is 7.30. The predicted molar refractivity (Wildman–Crippen MR) is 85.6 cm³/mol. The van der Waals surface area contributed by atoms with E-state index in [1.54, 1.807) is 22.8 Å². The van der Waals surface area contributed by atoms with Gasteiger partial charge < -0.3 is 4.90 Å². The van der Waals surface area contributed by atoms with Gasteiger partial charge in [0.1, 0.15) is 5.69 Å². The number of hydrogen-bond donors (Lipinski definition) is 1. The zero-order valence-electron chi connectivity index (χ0n) is 12.3. The van der Waals surface area contributed by atoms with Crippen LogP contribution in [0.2, 0.25) is 5.02 Å². The minimum absolute atomic E-state index is 0.263. The summed E-state index contributed by atoms with van der Waals surface area (Å²) in [5.74, 6) is 0.567. The van der Waals surface area contributed by atoms with Crippen LogP contribution < -0.4 is 10.6 Å². The lowest BCUT2D eigenvalue weighted by molar-refractivity contribution is 0.146. The lowest BCUT2D eigenvalue weighted by atomic mass is 10.1. The van der Waals surface area contributed by atoms with Crippen LogP contribution in [-0.2, 0) is 13.1 Å². The Morgan fingerprint density at radius 2 is 2.08 bits per heavy atom. The molecule has 3 heterocycles. The average molecular weight is 352 g/mol. The van der Waals surface area contributed by atoms with E-state index < -0.39 is 6.43 Å². The lowest BCUT2D eigenvalue weighted by Gasteiger charge is -2.30. The van der Waals surface area contributed by atoms with Crippen molar-refractivity contribution in [2.75, 3.05) is 11.4 Å². The molecule has 0 fully saturated rings. The number of pyridine rings is 1. The second kappa shape index (κ2) is 5.55. The SMILES string of the molecule is O=c1[nH]nc2n1CCN(c1cc(C(F)F)nc3ccc(Cl)cc13)C2. The van der Waals surface area contributed by atoms with Crippen molar-refractivity contribution in [1.82, 2.24) is 19.7 Å².